The molecule has 2 aromatic carbocycles. The fourth-order valence-electron chi connectivity index (χ4n) is 3.27. The Morgan fingerprint density at radius 1 is 1.07 bits per heavy atom. The van der Waals surface area contributed by atoms with Crippen LogP contribution >= 0.6 is 0 Å². The van der Waals surface area contributed by atoms with Gasteiger partial charge in [0, 0.05) is 0 Å². The summed E-state index contributed by atoms with van der Waals surface area (Å²) >= 11 is 0. The van der Waals surface area contributed by atoms with E-state index in [0.717, 1.165) is 17.1 Å². The topological polar surface area (TPSA) is 104 Å². The van der Waals surface area contributed by atoms with Crippen LogP contribution in [0.5, 0.6) is 17.2 Å². The van der Waals surface area contributed by atoms with Gasteiger partial charge in [0.15, 0.2) is 11.5 Å². The minimum atomic E-state index is -0.693. The number of phenolic OH excluding ortho intramolecular Hbond substituents is 2. The average Bonchev–Trinajstić information content (AvgIpc) is 3.54. The second kappa shape index (κ2) is 7.35. The van der Waals surface area contributed by atoms with Crippen LogP contribution in [0.25, 0.3) is 0 Å². The first-order valence-corrected chi connectivity index (χ1v) is 9.22. The number of pyridine rings is 1. The molecule has 0 saturated heterocycles. The molecular formula is C22H21N3O4. The van der Waals surface area contributed by atoms with Gasteiger partial charge in [0.05, 0.1) is 30.1 Å². The van der Waals surface area contributed by atoms with E-state index in [1.807, 2.05) is 30.3 Å². The van der Waals surface area contributed by atoms with Gasteiger partial charge >= 0.3 is 0 Å². The number of anilines is 3. The van der Waals surface area contributed by atoms with Crippen LogP contribution in [0.1, 0.15) is 18.4 Å². The van der Waals surface area contributed by atoms with Crippen molar-refractivity contribution in [3.63, 3.8) is 0 Å². The Morgan fingerprint density at radius 2 is 1.86 bits per heavy atom. The van der Waals surface area contributed by atoms with Gasteiger partial charge in [0.25, 0.3) is 0 Å². The normalized spacial score (nSPS) is 14.1. The smallest absolute Gasteiger partial charge is 0.236 e. The highest BCUT2D eigenvalue weighted by Gasteiger charge is 2.51. The lowest BCUT2D eigenvalue weighted by Gasteiger charge is -2.16. The summed E-state index contributed by atoms with van der Waals surface area (Å²) in [5.41, 5.74) is 1.57. The maximum absolute atomic E-state index is 12.8. The van der Waals surface area contributed by atoms with Crippen molar-refractivity contribution in [1.82, 2.24) is 4.98 Å². The molecule has 1 fully saturated rings. The van der Waals surface area contributed by atoms with E-state index in [9.17, 15) is 15.0 Å². The summed E-state index contributed by atoms with van der Waals surface area (Å²) in [6.45, 7) is 0. The van der Waals surface area contributed by atoms with Crippen LogP contribution < -0.4 is 15.4 Å². The fourth-order valence-corrected chi connectivity index (χ4v) is 3.27. The van der Waals surface area contributed by atoms with Crippen molar-refractivity contribution in [2.45, 2.75) is 18.3 Å². The van der Waals surface area contributed by atoms with E-state index < -0.39 is 5.41 Å². The third kappa shape index (κ3) is 3.67. The molecule has 1 heterocycles. The first kappa shape index (κ1) is 18.6. The molecule has 4 N–H and O–H groups in total. The number of rotatable bonds is 6. The lowest BCUT2D eigenvalue weighted by Crippen LogP contribution is -2.28. The first-order valence-electron chi connectivity index (χ1n) is 9.22. The molecule has 1 aromatic heterocycles. The van der Waals surface area contributed by atoms with Gasteiger partial charge < -0.3 is 25.6 Å². The number of amides is 1. The number of benzene rings is 2. The Hall–Kier alpha value is -3.74. The molecule has 1 aliphatic carbocycles. The molecule has 0 unspecified atom stereocenters. The summed E-state index contributed by atoms with van der Waals surface area (Å²) in [5.74, 6) is 0.546. The molecule has 1 aliphatic rings. The summed E-state index contributed by atoms with van der Waals surface area (Å²) in [7, 11) is 1.61. The van der Waals surface area contributed by atoms with Crippen LogP contribution in [0.3, 0.4) is 0 Å². The van der Waals surface area contributed by atoms with Crippen LogP contribution in [0.4, 0.5) is 17.2 Å². The number of nitrogens with one attached hydrogen (secondary N) is 2. The minimum Gasteiger partial charge on any atom is -0.504 e. The number of ether oxygens (including phenoxy) is 1. The maximum atomic E-state index is 12.8. The van der Waals surface area contributed by atoms with Crippen molar-refractivity contribution in [2.75, 3.05) is 17.7 Å². The Balaban J connectivity index is 1.46. The maximum Gasteiger partial charge on any atom is 0.236 e. The van der Waals surface area contributed by atoms with E-state index >= 15 is 0 Å². The number of carbonyl (C=O) groups excluding carboxylic acids is 1. The Labute approximate surface area is 168 Å². The van der Waals surface area contributed by atoms with Crippen molar-refractivity contribution in [1.29, 1.82) is 0 Å². The molecule has 7 nitrogen and oxygen atoms in total. The zero-order valence-corrected chi connectivity index (χ0v) is 15.8. The number of para-hydroxylation sites is 2. The second-order valence-corrected chi connectivity index (χ2v) is 7.00. The Bertz CT molecular complexity index is 1050. The van der Waals surface area contributed by atoms with Crippen LogP contribution in [-0.4, -0.2) is 28.2 Å². The van der Waals surface area contributed by atoms with E-state index in [1.54, 1.807) is 25.4 Å². The molecule has 0 radical (unpaired) electrons. The highest BCUT2D eigenvalue weighted by atomic mass is 16.5. The summed E-state index contributed by atoms with van der Waals surface area (Å²) in [5, 5.41) is 25.3. The SMILES string of the molecule is COc1ccccc1Nc1ccc(NC(=O)C2(c3ccc(O)c(O)c3)CC2)nc1. The number of hydrogen-bond acceptors (Lipinski definition) is 6. The number of aromatic hydroxyl groups is 2. The third-order valence-corrected chi connectivity index (χ3v) is 5.10. The van der Waals surface area contributed by atoms with Gasteiger partial charge in [-0.15, -0.1) is 0 Å². The van der Waals surface area contributed by atoms with Gasteiger partial charge in [-0.1, -0.05) is 18.2 Å². The zero-order valence-electron chi connectivity index (χ0n) is 15.8. The predicted octanol–water partition coefficient (Wildman–Crippen LogP) is 3.92. The monoisotopic (exact) mass is 391 g/mol. The van der Waals surface area contributed by atoms with E-state index in [2.05, 4.69) is 15.6 Å². The molecule has 0 atom stereocenters. The molecule has 1 saturated carbocycles. The standard InChI is InChI=1S/C22H21N3O4/c1-29-19-5-3-2-4-16(19)24-15-7-9-20(23-13-15)25-21(28)22(10-11-22)14-6-8-17(26)18(27)12-14/h2-9,12-13,24,26-27H,10-11H2,1H3,(H,23,25,28). The highest BCUT2D eigenvalue weighted by Crippen LogP contribution is 2.50. The van der Waals surface area contributed by atoms with E-state index in [0.29, 0.717) is 24.2 Å². The first-order chi connectivity index (χ1) is 14.0. The van der Waals surface area contributed by atoms with Crippen molar-refractivity contribution < 1.29 is 19.7 Å². The predicted molar refractivity (Wildman–Crippen MR) is 110 cm³/mol. The molecule has 7 heteroatoms. The van der Waals surface area contributed by atoms with Gasteiger partial charge in [0.1, 0.15) is 11.6 Å². The average molecular weight is 391 g/mol. The van der Waals surface area contributed by atoms with Crippen molar-refractivity contribution in [2.24, 2.45) is 0 Å². The second-order valence-electron chi connectivity index (χ2n) is 7.00. The molecule has 4 rings (SSSR count). The minimum absolute atomic E-state index is 0.180. The lowest BCUT2D eigenvalue weighted by molar-refractivity contribution is -0.118. The summed E-state index contributed by atoms with van der Waals surface area (Å²) in [6.07, 6.45) is 2.99. The van der Waals surface area contributed by atoms with Gasteiger partial charge in [-0.05, 0) is 54.8 Å². The van der Waals surface area contributed by atoms with Gasteiger partial charge in [-0.25, -0.2) is 4.98 Å². The van der Waals surface area contributed by atoms with Gasteiger partial charge in [-0.3, -0.25) is 4.79 Å². The number of methoxy groups -OCH3 is 1. The van der Waals surface area contributed by atoms with E-state index in [1.165, 1.54) is 12.1 Å². The number of nitrogens with zero attached hydrogens (tertiary/aromatic N) is 1. The summed E-state index contributed by atoms with van der Waals surface area (Å²) in [6, 6.07) is 15.6. The largest absolute Gasteiger partial charge is 0.504 e. The van der Waals surface area contributed by atoms with Crippen molar-refractivity contribution in [3.8, 4) is 17.2 Å². The molecular weight excluding hydrogens is 370 g/mol. The van der Waals surface area contributed by atoms with Gasteiger partial charge in [0.2, 0.25) is 5.91 Å². The van der Waals surface area contributed by atoms with Crippen LogP contribution in [-0.2, 0) is 10.2 Å². The molecule has 0 spiro atoms. The summed E-state index contributed by atoms with van der Waals surface area (Å²) in [4.78, 5) is 17.1. The van der Waals surface area contributed by atoms with E-state index in [-0.39, 0.29) is 17.4 Å². The van der Waals surface area contributed by atoms with Crippen molar-refractivity contribution >= 4 is 23.1 Å². The van der Waals surface area contributed by atoms with Crippen LogP contribution in [0, 0.1) is 0 Å². The number of hydrogen-bond donors (Lipinski definition) is 4. The van der Waals surface area contributed by atoms with Crippen LogP contribution in [0.2, 0.25) is 0 Å². The van der Waals surface area contributed by atoms with Gasteiger partial charge in [-0.2, -0.15) is 0 Å². The quantitative estimate of drug-likeness (QED) is 0.475. The molecule has 1 amide bonds. The fraction of sp³-hybridized carbons (Fsp3) is 0.182. The molecule has 148 valence electrons. The molecule has 29 heavy (non-hydrogen) atoms. The Kier molecular flexibility index (Phi) is 4.72. The number of aromatic nitrogens is 1. The van der Waals surface area contributed by atoms with Crippen molar-refractivity contribution in [3.05, 3.63) is 66.4 Å². The molecule has 0 aliphatic heterocycles. The molecule has 0 bridgehead atoms. The number of carbonyl (C=O) groups is 1. The summed E-state index contributed by atoms with van der Waals surface area (Å²) < 4.78 is 5.32. The molecule has 3 aromatic rings. The van der Waals surface area contributed by atoms with E-state index in [4.69, 9.17) is 4.74 Å². The lowest BCUT2D eigenvalue weighted by atomic mass is 9.94. The number of phenols is 2. The highest BCUT2D eigenvalue weighted by molar-refractivity contribution is 6.01. The Morgan fingerprint density at radius 3 is 2.52 bits per heavy atom. The third-order valence-electron chi connectivity index (χ3n) is 5.10. The van der Waals surface area contributed by atoms with Crippen LogP contribution in [0.15, 0.2) is 60.8 Å². The zero-order chi connectivity index (χ0) is 20.4.